The molecule has 0 aromatic heterocycles. The fraction of sp³-hybridized carbons (Fsp3) is 0.333. The van der Waals surface area contributed by atoms with Crippen molar-refractivity contribution in [3.8, 4) is 0 Å². The van der Waals surface area contributed by atoms with Crippen molar-refractivity contribution in [1.29, 1.82) is 0 Å². The lowest BCUT2D eigenvalue weighted by molar-refractivity contribution is 0.965. The standard InChI is InChI=1S/C9H11N/c10-9-4-2-1-3-8(9)7-5-6-7/h1-4,9H,5-6,10H2. The molecule has 2 aliphatic rings. The molecule has 0 amide bonds. The van der Waals surface area contributed by atoms with Gasteiger partial charge in [-0.25, -0.2) is 0 Å². The first kappa shape index (κ1) is 5.93. The van der Waals surface area contributed by atoms with Gasteiger partial charge >= 0.3 is 0 Å². The highest BCUT2D eigenvalue weighted by Gasteiger charge is 2.19. The van der Waals surface area contributed by atoms with E-state index >= 15 is 0 Å². The number of rotatable bonds is 0. The van der Waals surface area contributed by atoms with E-state index in [4.69, 9.17) is 5.73 Å². The largest absolute Gasteiger partial charge is 0.321 e. The summed E-state index contributed by atoms with van der Waals surface area (Å²) in [6.45, 7) is 0. The Kier molecular flexibility index (Phi) is 1.24. The molecule has 2 rings (SSSR count). The van der Waals surface area contributed by atoms with Crippen LogP contribution >= 0.6 is 0 Å². The Morgan fingerprint density at radius 1 is 1.30 bits per heavy atom. The van der Waals surface area contributed by atoms with E-state index in [1.165, 1.54) is 18.4 Å². The fourth-order valence-electron chi connectivity index (χ4n) is 1.26. The molecule has 0 aromatic rings. The summed E-state index contributed by atoms with van der Waals surface area (Å²) in [5, 5.41) is 0. The maximum atomic E-state index is 5.82. The summed E-state index contributed by atoms with van der Waals surface area (Å²) >= 11 is 0. The van der Waals surface area contributed by atoms with Crippen molar-refractivity contribution in [1.82, 2.24) is 0 Å². The van der Waals surface area contributed by atoms with E-state index in [0.29, 0.717) is 0 Å². The van der Waals surface area contributed by atoms with Crippen LogP contribution in [0.3, 0.4) is 0 Å². The zero-order chi connectivity index (χ0) is 6.97. The Bertz CT molecular complexity index is 227. The van der Waals surface area contributed by atoms with Gasteiger partial charge in [-0.15, -0.1) is 0 Å². The van der Waals surface area contributed by atoms with Gasteiger partial charge in [-0.2, -0.15) is 0 Å². The van der Waals surface area contributed by atoms with Crippen molar-refractivity contribution in [2.24, 2.45) is 5.73 Å². The fourth-order valence-corrected chi connectivity index (χ4v) is 1.26. The highest BCUT2D eigenvalue weighted by Crippen LogP contribution is 2.34. The van der Waals surface area contributed by atoms with Gasteiger partial charge in [0.05, 0.1) is 0 Å². The quantitative estimate of drug-likeness (QED) is 0.533. The molecule has 0 radical (unpaired) electrons. The zero-order valence-electron chi connectivity index (χ0n) is 5.88. The van der Waals surface area contributed by atoms with E-state index in [9.17, 15) is 0 Å². The first-order valence-electron chi connectivity index (χ1n) is 3.70. The molecular formula is C9H11N. The summed E-state index contributed by atoms with van der Waals surface area (Å²) in [6, 6.07) is 0.169. The van der Waals surface area contributed by atoms with Crippen LogP contribution in [-0.4, -0.2) is 6.04 Å². The third kappa shape index (κ3) is 0.929. The lowest BCUT2D eigenvalue weighted by Gasteiger charge is -2.10. The smallest absolute Gasteiger partial charge is 0.0483 e. The highest BCUT2D eigenvalue weighted by atomic mass is 14.6. The van der Waals surface area contributed by atoms with Crippen LogP contribution in [0.15, 0.2) is 35.5 Å². The lowest BCUT2D eigenvalue weighted by atomic mass is 10.0. The van der Waals surface area contributed by atoms with Crippen molar-refractivity contribution in [3.63, 3.8) is 0 Å². The molecule has 0 bridgehead atoms. The van der Waals surface area contributed by atoms with E-state index in [2.05, 4.69) is 12.2 Å². The molecule has 1 atom stereocenters. The van der Waals surface area contributed by atoms with E-state index in [0.717, 1.165) is 0 Å². The van der Waals surface area contributed by atoms with Crippen LogP contribution in [0.2, 0.25) is 0 Å². The van der Waals surface area contributed by atoms with Crippen LogP contribution in [0.25, 0.3) is 0 Å². The van der Waals surface area contributed by atoms with Crippen LogP contribution in [0.1, 0.15) is 12.8 Å². The molecular weight excluding hydrogens is 122 g/mol. The summed E-state index contributed by atoms with van der Waals surface area (Å²) in [4.78, 5) is 0. The van der Waals surface area contributed by atoms with Gasteiger partial charge in [0.1, 0.15) is 0 Å². The Hall–Kier alpha value is -0.820. The summed E-state index contributed by atoms with van der Waals surface area (Å²) in [5.74, 6) is 0. The summed E-state index contributed by atoms with van der Waals surface area (Å²) < 4.78 is 0. The topological polar surface area (TPSA) is 26.0 Å². The van der Waals surface area contributed by atoms with Crippen LogP contribution < -0.4 is 5.73 Å². The van der Waals surface area contributed by atoms with Gasteiger partial charge < -0.3 is 5.73 Å². The molecule has 1 unspecified atom stereocenters. The monoisotopic (exact) mass is 133 g/mol. The van der Waals surface area contributed by atoms with Gasteiger partial charge in [0.15, 0.2) is 0 Å². The van der Waals surface area contributed by atoms with Crippen LogP contribution in [0.4, 0.5) is 0 Å². The number of hydrogen-bond donors (Lipinski definition) is 1. The van der Waals surface area contributed by atoms with E-state index in [1.807, 2.05) is 12.2 Å². The summed E-state index contributed by atoms with van der Waals surface area (Å²) in [5.41, 5.74) is 8.72. The molecule has 2 N–H and O–H groups in total. The van der Waals surface area contributed by atoms with Crippen molar-refractivity contribution in [2.45, 2.75) is 18.9 Å². The highest BCUT2D eigenvalue weighted by molar-refractivity contribution is 5.43. The average molecular weight is 133 g/mol. The molecule has 1 fully saturated rings. The predicted octanol–water partition coefficient (Wildman–Crippen LogP) is 1.53. The Morgan fingerprint density at radius 3 is 2.70 bits per heavy atom. The van der Waals surface area contributed by atoms with Crippen molar-refractivity contribution < 1.29 is 0 Å². The summed E-state index contributed by atoms with van der Waals surface area (Å²) in [7, 11) is 0. The molecule has 1 saturated carbocycles. The number of allylic oxidation sites excluding steroid dienone is 3. The molecule has 0 saturated heterocycles. The normalized spacial score (nSPS) is 29.5. The minimum absolute atomic E-state index is 0.169. The SMILES string of the molecule is NC1C=CC=CC1=C1CC1. The lowest BCUT2D eigenvalue weighted by Crippen LogP contribution is -2.20. The minimum Gasteiger partial charge on any atom is -0.321 e. The third-order valence-corrected chi connectivity index (χ3v) is 1.97. The van der Waals surface area contributed by atoms with Gasteiger partial charge in [0, 0.05) is 6.04 Å². The van der Waals surface area contributed by atoms with E-state index in [-0.39, 0.29) is 6.04 Å². The Balaban J connectivity index is 2.30. The third-order valence-electron chi connectivity index (χ3n) is 1.97. The van der Waals surface area contributed by atoms with Crippen LogP contribution in [-0.2, 0) is 0 Å². The second-order valence-electron chi connectivity index (χ2n) is 2.83. The molecule has 1 nitrogen and oxygen atoms in total. The van der Waals surface area contributed by atoms with E-state index < -0.39 is 0 Å². The Morgan fingerprint density at radius 2 is 2.10 bits per heavy atom. The Labute approximate surface area is 60.9 Å². The van der Waals surface area contributed by atoms with Crippen molar-refractivity contribution in [3.05, 3.63) is 35.5 Å². The molecule has 1 heteroatoms. The maximum Gasteiger partial charge on any atom is 0.0483 e. The van der Waals surface area contributed by atoms with Gasteiger partial charge in [-0.1, -0.05) is 29.9 Å². The number of nitrogens with two attached hydrogens (primary N) is 1. The minimum atomic E-state index is 0.169. The predicted molar refractivity (Wildman–Crippen MR) is 42.5 cm³/mol. The molecule has 0 aromatic carbocycles. The molecule has 52 valence electrons. The molecule has 10 heavy (non-hydrogen) atoms. The van der Waals surface area contributed by atoms with E-state index in [1.54, 1.807) is 5.57 Å². The van der Waals surface area contributed by atoms with Gasteiger partial charge in [-0.05, 0) is 18.4 Å². The first-order chi connectivity index (χ1) is 4.88. The van der Waals surface area contributed by atoms with Gasteiger partial charge in [-0.3, -0.25) is 0 Å². The second kappa shape index (κ2) is 2.10. The first-order valence-corrected chi connectivity index (χ1v) is 3.70. The average Bonchev–Trinajstić information content (AvgIpc) is 2.71. The van der Waals surface area contributed by atoms with Crippen molar-refractivity contribution >= 4 is 0 Å². The van der Waals surface area contributed by atoms with Crippen LogP contribution in [0, 0.1) is 0 Å². The van der Waals surface area contributed by atoms with Gasteiger partial charge in [0.2, 0.25) is 0 Å². The molecule has 0 aliphatic heterocycles. The summed E-state index contributed by atoms with van der Waals surface area (Å²) in [6.07, 6.45) is 10.8. The van der Waals surface area contributed by atoms with Crippen LogP contribution in [0.5, 0.6) is 0 Å². The molecule has 2 aliphatic carbocycles. The zero-order valence-corrected chi connectivity index (χ0v) is 5.88. The number of hydrogen-bond acceptors (Lipinski definition) is 1. The van der Waals surface area contributed by atoms with Gasteiger partial charge in [0.25, 0.3) is 0 Å². The molecule has 0 spiro atoms. The molecule has 0 heterocycles. The van der Waals surface area contributed by atoms with Crippen molar-refractivity contribution in [2.75, 3.05) is 0 Å². The second-order valence-corrected chi connectivity index (χ2v) is 2.83. The maximum absolute atomic E-state index is 5.82.